The number of rotatable bonds is 4. The fourth-order valence-electron chi connectivity index (χ4n) is 1.57. The number of hydrogen-bond acceptors (Lipinski definition) is 4. The van der Waals surface area contributed by atoms with Gasteiger partial charge in [-0.3, -0.25) is 9.78 Å². The van der Waals surface area contributed by atoms with E-state index in [0.717, 1.165) is 12.0 Å². The van der Waals surface area contributed by atoms with Crippen LogP contribution in [0.5, 0.6) is 0 Å². The summed E-state index contributed by atoms with van der Waals surface area (Å²) in [5.74, 6) is -0.189. The molecular formula is C14H12N4O. The number of carbonyl (C=O) groups excluding carboxylic acids is 1. The first-order valence-corrected chi connectivity index (χ1v) is 5.83. The van der Waals surface area contributed by atoms with Crippen molar-refractivity contribution in [1.29, 1.82) is 5.26 Å². The lowest BCUT2D eigenvalue weighted by Crippen LogP contribution is -2.25. The molecule has 2 heterocycles. The van der Waals surface area contributed by atoms with E-state index >= 15 is 0 Å². The Kier molecular flexibility index (Phi) is 4.19. The summed E-state index contributed by atoms with van der Waals surface area (Å²) >= 11 is 0. The van der Waals surface area contributed by atoms with Crippen LogP contribution in [0, 0.1) is 11.3 Å². The molecule has 0 atom stereocenters. The molecule has 19 heavy (non-hydrogen) atoms. The highest BCUT2D eigenvalue weighted by molar-refractivity contribution is 5.93. The summed E-state index contributed by atoms with van der Waals surface area (Å²) in [6.07, 6.45) is 5.60. The Morgan fingerprint density at radius 3 is 2.68 bits per heavy atom. The molecule has 0 spiro atoms. The van der Waals surface area contributed by atoms with Crippen molar-refractivity contribution < 1.29 is 4.79 Å². The van der Waals surface area contributed by atoms with Crippen LogP contribution in [0.25, 0.3) is 0 Å². The Hall–Kier alpha value is -2.74. The van der Waals surface area contributed by atoms with Gasteiger partial charge in [0, 0.05) is 25.1 Å². The summed E-state index contributed by atoms with van der Waals surface area (Å²) < 4.78 is 0. The number of carbonyl (C=O) groups is 1. The molecule has 2 aromatic heterocycles. The minimum atomic E-state index is -0.189. The molecule has 0 unspecified atom stereocenters. The highest BCUT2D eigenvalue weighted by Gasteiger charge is 2.05. The van der Waals surface area contributed by atoms with Crippen LogP contribution in [-0.4, -0.2) is 22.4 Å². The van der Waals surface area contributed by atoms with Gasteiger partial charge in [-0.05, 0) is 36.2 Å². The first-order valence-electron chi connectivity index (χ1n) is 5.83. The molecule has 5 heteroatoms. The lowest BCUT2D eigenvalue weighted by atomic mass is 10.2. The fourth-order valence-corrected chi connectivity index (χ4v) is 1.57. The maximum absolute atomic E-state index is 11.8. The summed E-state index contributed by atoms with van der Waals surface area (Å²) in [5, 5.41) is 11.4. The smallest absolute Gasteiger partial charge is 0.252 e. The normalized spacial score (nSPS) is 9.63. The minimum absolute atomic E-state index is 0.189. The standard InChI is InChI=1S/C14H12N4O/c15-9-13-2-1-12(10-18-13)14(19)17-8-5-11-3-6-16-7-4-11/h1-4,6-7,10H,5,8H2,(H,17,19). The van der Waals surface area contributed by atoms with Crippen molar-refractivity contribution in [2.45, 2.75) is 6.42 Å². The van der Waals surface area contributed by atoms with E-state index in [1.54, 1.807) is 18.5 Å². The quantitative estimate of drug-likeness (QED) is 0.890. The Labute approximate surface area is 110 Å². The Bertz CT molecular complexity index is 587. The predicted molar refractivity (Wildman–Crippen MR) is 69.2 cm³/mol. The van der Waals surface area contributed by atoms with Crippen LogP contribution in [0.3, 0.4) is 0 Å². The van der Waals surface area contributed by atoms with Gasteiger partial charge in [-0.2, -0.15) is 5.26 Å². The van der Waals surface area contributed by atoms with Gasteiger partial charge in [-0.15, -0.1) is 0 Å². The molecule has 2 aromatic rings. The number of nitrogens with one attached hydrogen (secondary N) is 1. The molecule has 0 saturated carbocycles. The number of pyridine rings is 2. The third-order valence-corrected chi connectivity index (χ3v) is 2.59. The van der Waals surface area contributed by atoms with Gasteiger partial charge in [-0.1, -0.05) is 0 Å². The molecule has 0 radical (unpaired) electrons. The van der Waals surface area contributed by atoms with E-state index in [-0.39, 0.29) is 5.91 Å². The van der Waals surface area contributed by atoms with E-state index in [4.69, 9.17) is 5.26 Å². The van der Waals surface area contributed by atoms with E-state index < -0.39 is 0 Å². The average Bonchev–Trinajstić information content (AvgIpc) is 2.48. The van der Waals surface area contributed by atoms with Crippen molar-refractivity contribution in [3.8, 4) is 6.07 Å². The van der Waals surface area contributed by atoms with Crippen molar-refractivity contribution in [2.24, 2.45) is 0 Å². The van der Waals surface area contributed by atoms with E-state index in [2.05, 4.69) is 15.3 Å². The second-order valence-electron chi connectivity index (χ2n) is 3.91. The fraction of sp³-hybridized carbons (Fsp3) is 0.143. The molecule has 1 amide bonds. The molecular weight excluding hydrogens is 240 g/mol. The summed E-state index contributed by atoms with van der Waals surface area (Å²) in [5.41, 5.74) is 1.87. The van der Waals surface area contributed by atoms with Gasteiger partial charge in [0.25, 0.3) is 5.91 Å². The van der Waals surface area contributed by atoms with Crippen molar-refractivity contribution in [2.75, 3.05) is 6.54 Å². The summed E-state index contributed by atoms with van der Waals surface area (Å²) in [4.78, 5) is 19.6. The van der Waals surface area contributed by atoms with E-state index in [1.165, 1.54) is 12.3 Å². The lowest BCUT2D eigenvalue weighted by molar-refractivity contribution is 0.0954. The number of nitriles is 1. The number of nitrogens with zero attached hydrogens (tertiary/aromatic N) is 3. The minimum Gasteiger partial charge on any atom is -0.352 e. The molecule has 0 aliphatic carbocycles. The van der Waals surface area contributed by atoms with Crippen LogP contribution in [0.15, 0.2) is 42.9 Å². The van der Waals surface area contributed by atoms with Gasteiger partial charge in [0.05, 0.1) is 5.56 Å². The molecule has 0 aromatic carbocycles. The molecule has 5 nitrogen and oxygen atoms in total. The third-order valence-electron chi connectivity index (χ3n) is 2.59. The van der Waals surface area contributed by atoms with Crippen LogP contribution >= 0.6 is 0 Å². The SMILES string of the molecule is N#Cc1ccc(C(=O)NCCc2ccncc2)cn1. The van der Waals surface area contributed by atoms with E-state index in [0.29, 0.717) is 17.8 Å². The van der Waals surface area contributed by atoms with Crippen LogP contribution in [0.1, 0.15) is 21.6 Å². The van der Waals surface area contributed by atoms with E-state index in [9.17, 15) is 4.79 Å². The van der Waals surface area contributed by atoms with Gasteiger partial charge in [-0.25, -0.2) is 4.98 Å². The van der Waals surface area contributed by atoms with Crippen LogP contribution in [0.2, 0.25) is 0 Å². The zero-order valence-electron chi connectivity index (χ0n) is 10.2. The van der Waals surface area contributed by atoms with E-state index in [1.807, 2.05) is 18.2 Å². The highest BCUT2D eigenvalue weighted by Crippen LogP contribution is 2.00. The zero-order chi connectivity index (χ0) is 13.5. The highest BCUT2D eigenvalue weighted by atomic mass is 16.1. The van der Waals surface area contributed by atoms with Gasteiger partial charge < -0.3 is 5.32 Å². The first-order chi connectivity index (χ1) is 9.29. The molecule has 1 N–H and O–H groups in total. The first kappa shape index (κ1) is 12.7. The Morgan fingerprint density at radius 1 is 1.26 bits per heavy atom. The maximum atomic E-state index is 11.8. The lowest BCUT2D eigenvalue weighted by Gasteiger charge is -2.04. The van der Waals surface area contributed by atoms with Crippen molar-refractivity contribution in [1.82, 2.24) is 15.3 Å². The van der Waals surface area contributed by atoms with Gasteiger partial charge in [0.1, 0.15) is 11.8 Å². The van der Waals surface area contributed by atoms with Crippen molar-refractivity contribution in [3.63, 3.8) is 0 Å². The Balaban J connectivity index is 1.86. The van der Waals surface area contributed by atoms with Gasteiger partial charge in [0.15, 0.2) is 0 Å². The molecule has 94 valence electrons. The predicted octanol–water partition coefficient (Wildman–Crippen LogP) is 1.32. The molecule has 2 rings (SSSR count). The number of hydrogen-bond donors (Lipinski definition) is 1. The topological polar surface area (TPSA) is 78.7 Å². The summed E-state index contributed by atoms with van der Waals surface area (Å²) in [6, 6.07) is 8.85. The Morgan fingerprint density at radius 2 is 2.05 bits per heavy atom. The average molecular weight is 252 g/mol. The maximum Gasteiger partial charge on any atom is 0.252 e. The third kappa shape index (κ3) is 3.61. The van der Waals surface area contributed by atoms with Crippen molar-refractivity contribution >= 4 is 5.91 Å². The molecule has 0 fully saturated rings. The van der Waals surface area contributed by atoms with Crippen LogP contribution in [0.4, 0.5) is 0 Å². The van der Waals surface area contributed by atoms with Crippen molar-refractivity contribution in [3.05, 3.63) is 59.7 Å². The second-order valence-corrected chi connectivity index (χ2v) is 3.91. The number of aromatic nitrogens is 2. The number of amides is 1. The molecule has 0 bridgehead atoms. The molecule has 0 aliphatic heterocycles. The van der Waals surface area contributed by atoms with Crippen LogP contribution < -0.4 is 5.32 Å². The van der Waals surface area contributed by atoms with Gasteiger partial charge in [0.2, 0.25) is 0 Å². The second kappa shape index (κ2) is 6.26. The summed E-state index contributed by atoms with van der Waals surface area (Å²) in [7, 11) is 0. The monoisotopic (exact) mass is 252 g/mol. The van der Waals surface area contributed by atoms with Gasteiger partial charge >= 0.3 is 0 Å². The van der Waals surface area contributed by atoms with Crippen LogP contribution in [-0.2, 0) is 6.42 Å². The summed E-state index contributed by atoms with van der Waals surface area (Å²) in [6.45, 7) is 0.544. The zero-order valence-corrected chi connectivity index (χ0v) is 10.2. The largest absolute Gasteiger partial charge is 0.352 e. The molecule has 0 aliphatic rings. The molecule has 0 saturated heterocycles.